The Morgan fingerprint density at radius 1 is 0.714 bits per heavy atom. The highest BCUT2D eigenvalue weighted by Crippen LogP contribution is 2.27. The summed E-state index contributed by atoms with van der Waals surface area (Å²) in [5.41, 5.74) is 1.73. The average Bonchev–Trinajstić information content (AvgIpc) is 3.68. The Kier molecular flexibility index (Phi) is 15.4. The number of nitrogens with zero attached hydrogens (tertiary/aromatic N) is 3. The smallest absolute Gasteiger partial charge is 0.271 e. The topological polar surface area (TPSA) is 159 Å². The molecule has 304 valence electrons. The van der Waals surface area contributed by atoms with E-state index in [-0.39, 0.29) is 30.4 Å². The molecule has 1 aliphatic heterocycles. The number of hydrogen-bond donors (Lipinski definition) is 3. The molecule has 1 aliphatic rings. The van der Waals surface area contributed by atoms with Crippen LogP contribution in [0.15, 0.2) is 53.9 Å². The number of methoxy groups -OCH3 is 2. The predicted molar refractivity (Wildman–Crippen MR) is 216 cm³/mol. The van der Waals surface area contributed by atoms with Gasteiger partial charge >= 0.3 is 0 Å². The number of hydrogen-bond acceptors (Lipinski definition) is 9. The third-order valence-electron chi connectivity index (χ3n) is 10.5. The van der Waals surface area contributed by atoms with E-state index in [2.05, 4.69) is 20.9 Å². The standard InChI is InChI=1S/C42H58N6O7S/c1-11-12-31-26(6)37(49)46-36(25(4)5)42(53)48(8)34(22-28-15-19-30(55-10)20-16-28)41(52)47(7)33(21-27-13-17-29(54-9)18-14-27)39(51)45-35(24(2)3)40-44-32(23-56-40)38(50)43-31/h13-20,23-26,31,33-36H,11-12,21-22H2,1-10H3,(H,43,50)(H,45,51)(H,46,49)/t26-,31+,33-,34-,35-,36-/m0/s1. The minimum absolute atomic E-state index is 0.128. The predicted octanol–water partition coefficient (Wildman–Crippen LogP) is 4.80. The Morgan fingerprint density at radius 2 is 1.21 bits per heavy atom. The second-order valence-corrected chi connectivity index (χ2v) is 16.1. The van der Waals surface area contributed by atoms with Gasteiger partial charge in [-0.25, -0.2) is 4.98 Å². The number of carbonyl (C=O) groups excluding carboxylic acids is 5. The Labute approximate surface area is 334 Å². The normalized spacial score (nSPS) is 23.2. The van der Waals surface area contributed by atoms with Gasteiger partial charge in [0.25, 0.3) is 5.91 Å². The van der Waals surface area contributed by atoms with Crippen LogP contribution in [-0.2, 0) is 32.0 Å². The van der Waals surface area contributed by atoms with Crippen LogP contribution in [0.2, 0.25) is 0 Å². The van der Waals surface area contributed by atoms with Crippen LogP contribution in [0.5, 0.6) is 11.5 Å². The summed E-state index contributed by atoms with van der Waals surface area (Å²) in [6, 6.07) is 10.3. The number of rotatable bonds is 10. The molecule has 0 spiro atoms. The second-order valence-electron chi connectivity index (χ2n) is 15.2. The summed E-state index contributed by atoms with van der Waals surface area (Å²) in [5.74, 6) is -2.05. The first-order valence-corrected chi connectivity index (χ1v) is 20.1. The zero-order valence-corrected chi connectivity index (χ0v) is 35.1. The van der Waals surface area contributed by atoms with E-state index in [9.17, 15) is 24.0 Å². The van der Waals surface area contributed by atoms with Gasteiger partial charge in [0.15, 0.2) is 0 Å². The Morgan fingerprint density at radius 3 is 1.71 bits per heavy atom. The van der Waals surface area contributed by atoms with Gasteiger partial charge in [0.05, 0.1) is 26.2 Å². The summed E-state index contributed by atoms with van der Waals surface area (Å²) < 4.78 is 10.7. The number of fused-ring (bicyclic) bond motifs is 2. The third kappa shape index (κ3) is 10.7. The fourth-order valence-electron chi connectivity index (χ4n) is 6.81. The molecule has 14 heteroatoms. The lowest BCUT2D eigenvalue weighted by Gasteiger charge is -2.37. The van der Waals surface area contributed by atoms with Gasteiger partial charge in [-0.05, 0) is 53.6 Å². The molecule has 0 aliphatic carbocycles. The van der Waals surface area contributed by atoms with Crippen LogP contribution in [0.25, 0.3) is 0 Å². The largest absolute Gasteiger partial charge is 0.497 e. The molecule has 3 aromatic rings. The van der Waals surface area contributed by atoms with Crippen molar-refractivity contribution in [1.82, 2.24) is 30.7 Å². The monoisotopic (exact) mass is 790 g/mol. The van der Waals surface area contributed by atoms with Crippen LogP contribution >= 0.6 is 11.3 Å². The minimum atomic E-state index is -1.06. The number of likely N-dealkylation sites (N-methyl/N-ethyl adjacent to an activating group) is 2. The molecular weight excluding hydrogens is 733 g/mol. The molecular formula is C42H58N6O7S. The Balaban J connectivity index is 1.87. The van der Waals surface area contributed by atoms with E-state index in [4.69, 9.17) is 9.47 Å². The molecule has 0 saturated heterocycles. The first kappa shape index (κ1) is 43.7. The van der Waals surface area contributed by atoms with Gasteiger partial charge in [-0.15, -0.1) is 11.3 Å². The quantitative estimate of drug-likeness (QED) is 0.264. The molecule has 2 heterocycles. The molecule has 2 aromatic carbocycles. The van der Waals surface area contributed by atoms with Crippen molar-refractivity contribution in [2.24, 2.45) is 17.8 Å². The van der Waals surface area contributed by atoms with Crippen molar-refractivity contribution in [3.05, 3.63) is 75.7 Å². The van der Waals surface area contributed by atoms with E-state index in [1.807, 2.05) is 58.9 Å². The van der Waals surface area contributed by atoms with Gasteiger partial charge in [0, 0.05) is 38.4 Å². The van der Waals surface area contributed by atoms with Crippen LogP contribution in [0.4, 0.5) is 0 Å². The highest BCUT2D eigenvalue weighted by Gasteiger charge is 2.40. The third-order valence-corrected chi connectivity index (χ3v) is 11.5. The van der Waals surface area contributed by atoms with Crippen molar-refractivity contribution in [3.63, 3.8) is 0 Å². The van der Waals surface area contributed by atoms with Crippen LogP contribution in [0.1, 0.15) is 87.0 Å². The number of ether oxygens (including phenoxy) is 2. The maximum absolute atomic E-state index is 14.9. The lowest BCUT2D eigenvalue weighted by atomic mass is 9.94. The number of nitrogens with one attached hydrogen (secondary N) is 3. The molecule has 2 bridgehead atoms. The fourth-order valence-corrected chi connectivity index (χ4v) is 7.83. The summed E-state index contributed by atoms with van der Waals surface area (Å²) in [5, 5.41) is 11.3. The zero-order chi connectivity index (χ0) is 41.3. The molecule has 0 radical (unpaired) electrons. The van der Waals surface area contributed by atoms with Gasteiger partial charge < -0.3 is 35.2 Å². The molecule has 5 amide bonds. The molecule has 4 rings (SSSR count). The first-order chi connectivity index (χ1) is 26.6. The molecule has 13 nitrogen and oxygen atoms in total. The van der Waals surface area contributed by atoms with Crippen LogP contribution in [-0.4, -0.2) is 96.8 Å². The lowest BCUT2D eigenvalue weighted by molar-refractivity contribution is -0.149. The molecule has 0 fully saturated rings. The SMILES string of the molecule is CCC[C@H]1NC(=O)c2csc(n2)[C@H](C(C)C)NC(=O)[C@H](Cc2ccc(OC)cc2)N(C)C(=O)[C@H](Cc2ccc(OC)cc2)N(C)C(=O)[C@H](C(C)C)NC(=O)[C@H]1C. The van der Waals surface area contributed by atoms with Crippen molar-refractivity contribution in [2.45, 2.75) is 97.4 Å². The Hall–Kier alpha value is -4.98. The first-order valence-electron chi connectivity index (χ1n) is 19.3. The van der Waals surface area contributed by atoms with Crippen molar-refractivity contribution in [2.75, 3.05) is 28.3 Å². The number of thiazole rings is 1. The second kappa shape index (κ2) is 19.7. The van der Waals surface area contributed by atoms with Crippen molar-refractivity contribution < 1.29 is 33.4 Å². The number of aromatic nitrogens is 1. The zero-order valence-electron chi connectivity index (χ0n) is 34.3. The van der Waals surface area contributed by atoms with E-state index >= 15 is 0 Å². The maximum atomic E-state index is 14.9. The van der Waals surface area contributed by atoms with E-state index in [0.717, 1.165) is 11.1 Å². The lowest BCUT2D eigenvalue weighted by Crippen LogP contribution is -2.60. The summed E-state index contributed by atoms with van der Waals surface area (Å²) in [6.07, 6.45) is 1.50. The summed E-state index contributed by atoms with van der Waals surface area (Å²) in [4.78, 5) is 79.0. The number of amides is 5. The van der Waals surface area contributed by atoms with Crippen molar-refractivity contribution in [3.8, 4) is 11.5 Å². The highest BCUT2D eigenvalue weighted by atomic mass is 32.1. The molecule has 1 aromatic heterocycles. The van der Waals surface area contributed by atoms with Crippen LogP contribution in [0, 0.1) is 17.8 Å². The summed E-state index contributed by atoms with van der Waals surface area (Å²) in [6.45, 7) is 11.3. The van der Waals surface area contributed by atoms with Crippen LogP contribution < -0.4 is 25.4 Å². The summed E-state index contributed by atoms with van der Waals surface area (Å²) >= 11 is 1.26. The van der Waals surface area contributed by atoms with Gasteiger partial charge in [-0.3, -0.25) is 24.0 Å². The van der Waals surface area contributed by atoms with Crippen LogP contribution in [0.3, 0.4) is 0 Å². The molecule has 3 N–H and O–H groups in total. The van der Waals surface area contributed by atoms with Gasteiger partial charge in [0.2, 0.25) is 23.6 Å². The number of benzene rings is 2. The highest BCUT2D eigenvalue weighted by molar-refractivity contribution is 7.09. The maximum Gasteiger partial charge on any atom is 0.271 e. The molecule has 56 heavy (non-hydrogen) atoms. The van der Waals surface area contributed by atoms with Gasteiger partial charge in [-0.1, -0.05) is 72.2 Å². The van der Waals surface area contributed by atoms with E-state index < -0.39 is 65.7 Å². The minimum Gasteiger partial charge on any atom is -0.497 e. The van der Waals surface area contributed by atoms with Gasteiger partial charge in [0.1, 0.15) is 40.3 Å². The van der Waals surface area contributed by atoms with E-state index in [1.54, 1.807) is 64.9 Å². The average molecular weight is 791 g/mol. The van der Waals surface area contributed by atoms with Crippen molar-refractivity contribution >= 4 is 40.9 Å². The van der Waals surface area contributed by atoms with E-state index in [1.165, 1.54) is 21.1 Å². The Bertz CT molecular complexity index is 1810. The van der Waals surface area contributed by atoms with Gasteiger partial charge in [-0.2, -0.15) is 0 Å². The molecule has 6 atom stereocenters. The van der Waals surface area contributed by atoms with Crippen molar-refractivity contribution in [1.29, 1.82) is 0 Å². The van der Waals surface area contributed by atoms with E-state index in [0.29, 0.717) is 29.3 Å². The molecule has 0 saturated carbocycles. The fraction of sp³-hybridized carbons (Fsp3) is 0.524. The number of carbonyl (C=O) groups is 5. The summed E-state index contributed by atoms with van der Waals surface area (Å²) in [7, 11) is 6.27. The molecule has 0 unspecified atom stereocenters.